The monoisotopic (exact) mass is 360 g/mol. The highest BCUT2D eigenvalue weighted by Crippen LogP contribution is 2.54. The average molecular weight is 360 g/mol. The molecule has 0 amide bonds. The smallest absolute Gasteiger partial charge is 0.201 e. The summed E-state index contributed by atoms with van der Waals surface area (Å²) in [5, 5.41) is 0. The molecule has 2 aromatic rings. The van der Waals surface area contributed by atoms with E-state index in [1.54, 1.807) is 0 Å². The standard InChI is InChI=1S/C22H23F3O/c1-3-4-12-5-7-13(8-6-12)14-9-10-15-16-11-17(26-2)21(24)22(25)19(16)18(15)20(14)23/h9-13H,3-8H2,1-2H3. The highest BCUT2D eigenvalue weighted by molar-refractivity contribution is 6.03. The molecule has 2 aliphatic carbocycles. The van der Waals surface area contributed by atoms with Crippen LogP contribution in [0.1, 0.15) is 56.9 Å². The van der Waals surface area contributed by atoms with E-state index >= 15 is 4.39 Å². The van der Waals surface area contributed by atoms with Gasteiger partial charge in [0.1, 0.15) is 5.82 Å². The molecule has 1 saturated carbocycles. The van der Waals surface area contributed by atoms with Crippen molar-refractivity contribution in [2.75, 3.05) is 7.11 Å². The SMILES string of the molecule is CCCC1CCC(c2ccc3c(c2F)-c2c-3cc(OC)c(F)c2F)CC1. The summed E-state index contributed by atoms with van der Waals surface area (Å²) < 4.78 is 48.6. The molecule has 0 aromatic heterocycles. The molecule has 2 aliphatic rings. The summed E-state index contributed by atoms with van der Waals surface area (Å²) in [7, 11) is 1.29. The molecule has 0 atom stereocenters. The summed E-state index contributed by atoms with van der Waals surface area (Å²) in [4.78, 5) is 0. The van der Waals surface area contributed by atoms with E-state index < -0.39 is 11.6 Å². The number of ether oxygens (including phenoxy) is 1. The van der Waals surface area contributed by atoms with Gasteiger partial charge in [-0.2, -0.15) is 4.39 Å². The van der Waals surface area contributed by atoms with E-state index in [0.717, 1.165) is 31.6 Å². The molecule has 4 rings (SSSR count). The molecule has 2 aromatic carbocycles. The first-order chi connectivity index (χ1) is 12.6. The Labute approximate surface area is 152 Å². The van der Waals surface area contributed by atoms with Crippen LogP contribution in [0.15, 0.2) is 18.2 Å². The Balaban J connectivity index is 1.67. The lowest BCUT2D eigenvalue weighted by atomic mass is 9.73. The van der Waals surface area contributed by atoms with E-state index in [0.29, 0.717) is 16.7 Å². The molecule has 4 heteroatoms. The Morgan fingerprint density at radius 3 is 2.27 bits per heavy atom. The van der Waals surface area contributed by atoms with Gasteiger partial charge in [0, 0.05) is 11.1 Å². The molecule has 0 saturated heterocycles. The average Bonchev–Trinajstić information content (AvgIpc) is 2.63. The van der Waals surface area contributed by atoms with E-state index in [4.69, 9.17) is 4.74 Å². The first-order valence-corrected chi connectivity index (χ1v) is 9.45. The minimum Gasteiger partial charge on any atom is -0.494 e. The zero-order valence-corrected chi connectivity index (χ0v) is 15.2. The van der Waals surface area contributed by atoms with Crippen molar-refractivity contribution in [1.82, 2.24) is 0 Å². The summed E-state index contributed by atoms with van der Waals surface area (Å²) in [5.74, 6) is -1.69. The molecule has 1 nitrogen and oxygen atoms in total. The zero-order valence-electron chi connectivity index (χ0n) is 15.2. The van der Waals surface area contributed by atoms with Crippen molar-refractivity contribution in [3.8, 4) is 28.0 Å². The van der Waals surface area contributed by atoms with Crippen LogP contribution in [0.25, 0.3) is 22.3 Å². The van der Waals surface area contributed by atoms with Gasteiger partial charge >= 0.3 is 0 Å². The van der Waals surface area contributed by atoms with Crippen LogP contribution in [0.4, 0.5) is 13.2 Å². The van der Waals surface area contributed by atoms with Crippen molar-refractivity contribution in [1.29, 1.82) is 0 Å². The largest absolute Gasteiger partial charge is 0.494 e. The van der Waals surface area contributed by atoms with Crippen molar-refractivity contribution in [3.05, 3.63) is 41.2 Å². The Morgan fingerprint density at radius 1 is 0.923 bits per heavy atom. The highest BCUT2D eigenvalue weighted by Gasteiger charge is 2.35. The molecule has 1 fully saturated rings. The fourth-order valence-electron chi connectivity index (χ4n) is 4.69. The van der Waals surface area contributed by atoms with Crippen molar-refractivity contribution < 1.29 is 17.9 Å². The Morgan fingerprint density at radius 2 is 1.62 bits per heavy atom. The fraction of sp³-hybridized carbons (Fsp3) is 0.455. The maximum absolute atomic E-state index is 15.2. The van der Waals surface area contributed by atoms with Gasteiger partial charge in [-0.3, -0.25) is 0 Å². The van der Waals surface area contributed by atoms with Crippen molar-refractivity contribution in [2.24, 2.45) is 5.92 Å². The molecule has 0 aliphatic heterocycles. The van der Waals surface area contributed by atoms with Crippen molar-refractivity contribution in [3.63, 3.8) is 0 Å². The Hall–Kier alpha value is -1.97. The minimum atomic E-state index is -1.05. The Bertz CT molecular complexity index is 851. The number of halogens is 3. The molecule has 0 radical (unpaired) electrons. The number of rotatable bonds is 4. The molecule has 0 bridgehead atoms. The first kappa shape index (κ1) is 17.4. The van der Waals surface area contributed by atoms with Gasteiger partial charge in [0.25, 0.3) is 0 Å². The van der Waals surface area contributed by atoms with Gasteiger partial charge < -0.3 is 4.74 Å². The molecule has 0 unspecified atom stereocenters. The second-order valence-electron chi connectivity index (χ2n) is 7.53. The van der Waals surface area contributed by atoms with Gasteiger partial charge in [0.15, 0.2) is 11.6 Å². The summed E-state index contributed by atoms with van der Waals surface area (Å²) in [5.41, 5.74) is 2.09. The maximum Gasteiger partial charge on any atom is 0.201 e. The third-order valence-corrected chi connectivity index (χ3v) is 6.09. The van der Waals surface area contributed by atoms with E-state index in [9.17, 15) is 8.78 Å². The summed E-state index contributed by atoms with van der Waals surface area (Å²) in [6.45, 7) is 2.20. The van der Waals surface area contributed by atoms with E-state index in [1.165, 1.54) is 26.0 Å². The van der Waals surface area contributed by atoms with Gasteiger partial charge in [-0.1, -0.05) is 31.9 Å². The van der Waals surface area contributed by atoms with Crippen LogP contribution in [-0.4, -0.2) is 7.11 Å². The van der Waals surface area contributed by atoms with Gasteiger partial charge in [-0.15, -0.1) is 0 Å². The van der Waals surface area contributed by atoms with E-state index in [1.807, 2.05) is 12.1 Å². The second-order valence-corrected chi connectivity index (χ2v) is 7.53. The first-order valence-electron chi connectivity index (χ1n) is 9.45. The molecule has 0 heterocycles. The lowest BCUT2D eigenvalue weighted by Gasteiger charge is -2.32. The highest BCUT2D eigenvalue weighted by atomic mass is 19.2. The number of hydrogen-bond acceptors (Lipinski definition) is 1. The van der Waals surface area contributed by atoms with E-state index in [-0.39, 0.29) is 28.6 Å². The fourth-order valence-corrected chi connectivity index (χ4v) is 4.69. The van der Waals surface area contributed by atoms with Gasteiger partial charge in [0.2, 0.25) is 5.82 Å². The molecule has 0 spiro atoms. The zero-order chi connectivity index (χ0) is 18.4. The minimum absolute atomic E-state index is 0.0531. The van der Waals surface area contributed by atoms with Crippen LogP contribution in [0.5, 0.6) is 5.75 Å². The lowest BCUT2D eigenvalue weighted by Crippen LogP contribution is -2.16. The predicted octanol–water partition coefficient (Wildman–Crippen LogP) is 6.83. The summed E-state index contributed by atoms with van der Waals surface area (Å²) in [6.07, 6.45) is 6.59. The van der Waals surface area contributed by atoms with Gasteiger partial charge in [-0.25, -0.2) is 8.78 Å². The second kappa shape index (κ2) is 6.64. The van der Waals surface area contributed by atoms with Crippen LogP contribution in [-0.2, 0) is 0 Å². The van der Waals surface area contributed by atoms with Crippen LogP contribution in [0.2, 0.25) is 0 Å². The predicted molar refractivity (Wildman–Crippen MR) is 96.9 cm³/mol. The topological polar surface area (TPSA) is 9.23 Å². The lowest BCUT2D eigenvalue weighted by molar-refractivity contribution is 0.304. The molecular formula is C22H23F3O. The van der Waals surface area contributed by atoms with Crippen molar-refractivity contribution in [2.45, 2.75) is 51.4 Å². The number of hydrogen-bond donors (Lipinski definition) is 0. The van der Waals surface area contributed by atoms with Crippen LogP contribution < -0.4 is 4.74 Å². The third kappa shape index (κ3) is 2.53. The number of methoxy groups -OCH3 is 1. The van der Waals surface area contributed by atoms with Gasteiger partial charge in [0.05, 0.1) is 7.11 Å². The van der Waals surface area contributed by atoms with Crippen LogP contribution in [0.3, 0.4) is 0 Å². The summed E-state index contributed by atoms with van der Waals surface area (Å²) in [6, 6.07) is 5.12. The maximum atomic E-state index is 15.2. The van der Waals surface area contributed by atoms with Crippen LogP contribution >= 0.6 is 0 Å². The molecule has 0 N–H and O–H groups in total. The van der Waals surface area contributed by atoms with Gasteiger partial charge in [-0.05, 0) is 60.3 Å². The summed E-state index contributed by atoms with van der Waals surface area (Å²) >= 11 is 0. The molecular weight excluding hydrogens is 337 g/mol. The van der Waals surface area contributed by atoms with Crippen LogP contribution in [0, 0.1) is 23.4 Å². The number of benzene rings is 2. The Kier molecular flexibility index (Phi) is 4.45. The molecule has 138 valence electrons. The number of fused-ring (bicyclic) bond motifs is 4. The molecule has 26 heavy (non-hydrogen) atoms. The third-order valence-electron chi connectivity index (χ3n) is 6.09. The normalized spacial score (nSPS) is 21.0. The van der Waals surface area contributed by atoms with E-state index in [2.05, 4.69) is 6.92 Å². The van der Waals surface area contributed by atoms with Crippen molar-refractivity contribution >= 4 is 0 Å². The quantitative estimate of drug-likeness (QED) is 0.495.